The molecule has 0 aliphatic carbocycles. The van der Waals surface area contributed by atoms with Crippen molar-refractivity contribution in [2.45, 2.75) is 53.8 Å². The minimum atomic E-state index is -0.685. The van der Waals surface area contributed by atoms with Gasteiger partial charge in [-0.25, -0.2) is 0 Å². The zero-order chi connectivity index (χ0) is 26.1. The van der Waals surface area contributed by atoms with E-state index < -0.39 is 5.24 Å². The van der Waals surface area contributed by atoms with E-state index in [1.165, 1.54) is 0 Å². The van der Waals surface area contributed by atoms with Gasteiger partial charge < -0.3 is 14.0 Å². The summed E-state index contributed by atoms with van der Waals surface area (Å²) < 4.78 is 17.7. The number of hydrogen-bond donors (Lipinski definition) is 0. The van der Waals surface area contributed by atoms with Gasteiger partial charge in [0.2, 0.25) is 5.76 Å². The molecule has 0 spiro atoms. The van der Waals surface area contributed by atoms with Gasteiger partial charge in [-0.2, -0.15) is 0 Å². The van der Waals surface area contributed by atoms with E-state index in [0.717, 1.165) is 28.0 Å². The molecule has 3 aromatic carbocycles. The molecule has 0 N–H and O–H groups in total. The highest BCUT2D eigenvalue weighted by Crippen LogP contribution is 2.41. The van der Waals surface area contributed by atoms with Crippen LogP contribution in [0.25, 0.3) is 11.3 Å². The lowest BCUT2D eigenvalue weighted by Gasteiger charge is -2.19. The molecule has 0 fully saturated rings. The monoisotopic (exact) mass is 505 g/mol. The summed E-state index contributed by atoms with van der Waals surface area (Å²) in [5.41, 5.74) is 4.91. The molecule has 4 rings (SSSR count). The van der Waals surface area contributed by atoms with Crippen LogP contribution >= 0.6 is 11.6 Å². The Hall–Kier alpha value is -3.57. The maximum Gasteiger partial charge on any atom is 0.290 e. The number of halogens is 1. The number of benzene rings is 3. The van der Waals surface area contributed by atoms with Crippen molar-refractivity contribution >= 4 is 16.8 Å². The van der Waals surface area contributed by atoms with Gasteiger partial charge in [0.1, 0.15) is 30.4 Å². The molecule has 0 saturated heterocycles. The largest absolute Gasteiger partial charge is 0.488 e. The zero-order valence-corrected chi connectivity index (χ0v) is 22.1. The maximum atomic E-state index is 11.7. The van der Waals surface area contributed by atoms with Gasteiger partial charge in [-0.05, 0) is 47.2 Å². The Balaban J connectivity index is 0.00000176. The molecular weight excluding hydrogens is 474 g/mol. The molecule has 0 amide bonds. The summed E-state index contributed by atoms with van der Waals surface area (Å²) >= 11 is 5.67. The molecule has 36 heavy (non-hydrogen) atoms. The Bertz CT molecular complexity index is 1270. The van der Waals surface area contributed by atoms with Gasteiger partial charge in [-0.3, -0.25) is 4.79 Å². The van der Waals surface area contributed by atoms with Gasteiger partial charge in [0.15, 0.2) is 0 Å². The number of ether oxygens (including phenoxy) is 2. The second kappa shape index (κ2) is 12.9. The average molecular weight is 506 g/mol. The van der Waals surface area contributed by atoms with Gasteiger partial charge in [0.05, 0.1) is 0 Å². The van der Waals surface area contributed by atoms with Crippen molar-refractivity contribution in [3.8, 4) is 22.8 Å². The third-order valence-electron chi connectivity index (χ3n) is 5.57. The normalized spacial score (nSPS) is 10.5. The lowest BCUT2D eigenvalue weighted by Crippen LogP contribution is -2.04. The van der Waals surface area contributed by atoms with E-state index >= 15 is 0 Å². The Labute approximate surface area is 218 Å². The van der Waals surface area contributed by atoms with Crippen LogP contribution in [0.2, 0.25) is 0 Å². The molecule has 0 aliphatic rings. The Kier molecular flexibility index (Phi) is 9.71. The van der Waals surface area contributed by atoms with Gasteiger partial charge in [-0.15, -0.1) is 0 Å². The first-order valence-electron chi connectivity index (χ1n) is 12.1. The number of hydrogen-bond acceptors (Lipinski definition) is 5. The minimum Gasteiger partial charge on any atom is -0.488 e. The van der Waals surface area contributed by atoms with Crippen LogP contribution in [0, 0.1) is 6.92 Å². The maximum absolute atomic E-state index is 11.7. The molecule has 188 valence electrons. The number of rotatable bonds is 9. The third-order valence-corrected chi connectivity index (χ3v) is 5.74. The SMILES string of the molecule is CC.Cc1c(-c2cc(C(C)C)c(OCc3ccccc3)cc2OCc2ccccc2)noc1C(=O)Cl. The number of aromatic nitrogens is 1. The smallest absolute Gasteiger partial charge is 0.290 e. The predicted molar refractivity (Wildman–Crippen MR) is 144 cm³/mol. The van der Waals surface area contributed by atoms with E-state index in [-0.39, 0.29) is 11.7 Å². The molecule has 6 heteroatoms. The quantitative estimate of drug-likeness (QED) is 0.214. The predicted octanol–water partition coefficient (Wildman–Crippen LogP) is 8.34. The summed E-state index contributed by atoms with van der Waals surface area (Å²) in [6, 6.07) is 23.8. The summed E-state index contributed by atoms with van der Waals surface area (Å²) in [5.74, 6) is 1.52. The van der Waals surface area contributed by atoms with E-state index in [2.05, 4.69) is 19.0 Å². The van der Waals surface area contributed by atoms with Crippen LogP contribution in [-0.2, 0) is 13.2 Å². The average Bonchev–Trinajstić information content (AvgIpc) is 3.29. The van der Waals surface area contributed by atoms with Gasteiger partial charge in [0, 0.05) is 17.2 Å². The lowest BCUT2D eigenvalue weighted by molar-refractivity contribution is 0.104. The topological polar surface area (TPSA) is 61.6 Å². The van der Waals surface area contributed by atoms with E-state index in [4.69, 9.17) is 25.6 Å². The molecule has 0 aliphatic heterocycles. The minimum absolute atomic E-state index is 0.0289. The fraction of sp³-hybridized carbons (Fsp3) is 0.267. The second-order valence-electron chi connectivity index (χ2n) is 8.35. The van der Waals surface area contributed by atoms with Crippen molar-refractivity contribution in [2.24, 2.45) is 0 Å². The van der Waals surface area contributed by atoms with Crippen molar-refractivity contribution in [1.82, 2.24) is 5.16 Å². The van der Waals surface area contributed by atoms with Crippen LogP contribution in [0.3, 0.4) is 0 Å². The van der Waals surface area contributed by atoms with Crippen molar-refractivity contribution < 1.29 is 18.8 Å². The molecule has 5 nitrogen and oxygen atoms in total. The zero-order valence-electron chi connectivity index (χ0n) is 21.4. The molecule has 0 atom stereocenters. The third kappa shape index (κ3) is 6.55. The molecule has 0 radical (unpaired) electrons. The highest BCUT2D eigenvalue weighted by molar-refractivity contribution is 6.67. The summed E-state index contributed by atoms with van der Waals surface area (Å²) in [5, 5.41) is 3.46. The summed E-state index contributed by atoms with van der Waals surface area (Å²) in [7, 11) is 0. The summed E-state index contributed by atoms with van der Waals surface area (Å²) in [6.45, 7) is 10.8. The van der Waals surface area contributed by atoms with Crippen molar-refractivity contribution in [3.63, 3.8) is 0 Å². The van der Waals surface area contributed by atoms with Gasteiger partial charge >= 0.3 is 0 Å². The fourth-order valence-corrected chi connectivity index (χ4v) is 3.88. The standard InChI is InChI=1S/C28H26ClNO4.C2H6/c1-18(2)22-14-23(26-19(3)27(28(29)31)34-30-26)25(33-17-21-12-8-5-9-13-21)15-24(22)32-16-20-10-6-4-7-11-20;1-2/h4-15,18H,16-17H2,1-3H3;1-2H3. The molecule has 0 unspecified atom stereocenters. The molecule has 0 bridgehead atoms. The first kappa shape index (κ1) is 27.0. The lowest BCUT2D eigenvalue weighted by atomic mass is 9.96. The van der Waals surface area contributed by atoms with Crippen molar-refractivity contribution in [3.05, 3.63) is 101 Å². The Morgan fingerprint density at radius 3 is 1.89 bits per heavy atom. The van der Waals surface area contributed by atoms with Crippen LogP contribution in [0.15, 0.2) is 77.3 Å². The summed E-state index contributed by atoms with van der Waals surface area (Å²) in [4.78, 5) is 11.7. The van der Waals surface area contributed by atoms with Crippen LogP contribution < -0.4 is 9.47 Å². The highest BCUT2D eigenvalue weighted by Gasteiger charge is 2.24. The van der Waals surface area contributed by atoms with E-state index in [1.807, 2.05) is 86.6 Å². The van der Waals surface area contributed by atoms with Gasteiger partial charge in [0.25, 0.3) is 5.24 Å². The molecule has 4 aromatic rings. The van der Waals surface area contributed by atoms with Crippen LogP contribution in [0.4, 0.5) is 0 Å². The molecule has 1 aromatic heterocycles. The number of carbonyl (C=O) groups is 1. The van der Waals surface area contributed by atoms with Crippen LogP contribution in [-0.4, -0.2) is 10.4 Å². The Morgan fingerprint density at radius 1 is 0.889 bits per heavy atom. The second-order valence-corrected chi connectivity index (χ2v) is 8.69. The molecule has 1 heterocycles. The highest BCUT2D eigenvalue weighted by atomic mass is 35.5. The Morgan fingerprint density at radius 2 is 1.42 bits per heavy atom. The molecular formula is C30H32ClNO4. The molecule has 0 saturated carbocycles. The first-order chi connectivity index (χ1) is 17.4. The van der Waals surface area contributed by atoms with Gasteiger partial charge in [-0.1, -0.05) is 93.5 Å². The van der Waals surface area contributed by atoms with Crippen molar-refractivity contribution in [1.29, 1.82) is 0 Å². The number of nitrogens with zero attached hydrogens (tertiary/aromatic N) is 1. The fourth-order valence-electron chi connectivity index (χ4n) is 3.70. The first-order valence-corrected chi connectivity index (χ1v) is 12.5. The van der Waals surface area contributed by atoms with Crippen molar-refractivity contribution in [2.75, 3.05) is 0 Å². The summed E-state index contributed by atoms with van der Waals surface area (Å²) in [6.07, 6.45) is 0. The van der Waals surface area contributed by atoms with E-state index in [9.17, 15) is 4.79 Å². The van der Waals surface area contributed by atoms with E-state index in [0.29, 0.717) is 30.2 Å². The van der Waals surface area contributed by atoms with Crippen LogP contribution in [0.5, 0.6) is 11.5 Å². The number of carbonyl (C=O) groups excluding carboxylic acids is 1. The van der Waals surface area contributed by atoms with Crippen LogP contribution in [0.1, 0.15) is 66.4 Å². The van der Waals surface area contributed by atoms with E-state index in [1.54, 1.807) is 6.92 Å².